The Labute approximate surface area is 140 Å². The summed E-state index contributed by atoms with van der Waals surface area (Å²) in [7, 11) is 1.60. The summed E-state index contributed by atoms with van der Waals surface area (Å²) in [6, 6.07) is 16.8. The molecule has 0 bridgehead atoms. The molecule has 24 heavy (non-hydrogen) atoms. The molecule has 0 aromatic heterocycles. The van der Waals surface area contributed by atoms with Gasteiger partial charge in [-0.25, -0.2) is 0 Å². The average molecular weight is 322 g/mol. The van der Waals surface area contributed by atoms with E-state index in [1.165, 1.54) is 6.20 Å². The number of anilines is 2. The lowest BCUT2D eigenvalue weighted by Gasteiger charge is -2.17. The van der Waals surface area contributed by atoms with Crippen LogP contribution in [-0.2, 0) is 4.79 Å². The minimum atomic E-state index is -0.0989. The largest absolute Gasteiger partial charge is 0.497 e. The second-order valence-corrected chi connectivity index (χ2v) is 5.25. The van der Waals surface area contributed by atoms with E-state index < -0.39 is 0 Å². The number of carbonyl (C=O) groups is 1. The molecule has 1 saturated heterocycles. The fourth-order valence-corrected chi connectivity index (χ4v) is 2.43. The van der Waals surface area contributed by atoms with Crippen molar-refractivity contribution in [2.45, 2.75) is 0 Å². The van der Waals surface area contributed by atoms with Crippen molar-refractivity contribution in [1.29, 1.82) is 5.41 Å². The lowest BCUT2D eigenvalue weighted by atomic mass is 10.2. The van der Waals surface area contributed by atoms with Gasteiger partial charge in [-0.1, -0.05) is 18.2 Å². The summed E-state index contributed by atoms with van der Waals surface area (Å²) < 4.78 is 5.13. The molecule has 1 fully saturated rings. The van der Waals surface area contributed by atoms with E-state index >= 15 is 0 Å². The van der Waals surface area contributed by atoms with Crippen LogP contribution in [0.15, 0.2) is 66.4 Å². The monoisotopic (exact) mass is 322 g/mol. The SMILES string of the molecule is COc1ccc(N2CC(=O)/C(=C/NNc3ccccc3)C2=N)cc1. The van der Waals surface area contributed by atoms with Gasteiger partial charge in [-0.15, -0.1) is 0 Å². The van der Waals surface area contributed by atoms with Crippen molar-refractivity contribution in [2.24, 2.45) is 0 Å². The molecule has 6 heteroatoms. The van der Waals surface area contributed by atoms with Gasteiger partial charge >= 0.3 is 0 Å². The first kappa shape index (κ1) is 15.6. The number of rotatable bonds is 5. The number of Topliss-reactive ketones (excluding diaryl/α,β-unsaturated/α-hetero) is 1. The highest BCUT2D eigenvalue weighted by atomic mass is 16.5. The van der Waals surface area contributed by atoms with Crippen LogP contribution in [-0.4, -0.2) is 25.3 Å². The molecular weight excluding hydrogens is 304 g/mol. The van der Waals surface area contributed by atoms with Gasteiger partial charge in [0.25, 0.3) is 0 Å². The van der Waals surface area contributed by atoms with Crippen LogP contribution in [0, 0.1) is 5.41 Å². The summed E-state index contributed by atoms with van der Waals surface area (Å²) in [5.74, 6) is 0.811. The van der Waals surface area contributed by atoms with Crippen molar-refractivity contribution < 1.29 is 9.53 Å². The van der Waals surface area contributed by atoms with Crippen molar-refractivity contribution in [2.75, 3.05) is 24.0 Å². The summed E-state index contributed by atoms with van der Waals surface area (Å²) >= 11 is 0. The van der Waals surface area contributed by atoms with E-state index in [-0.39, 0.29) is 18.2 Å². The number of carbonyl (C=O) groups excluding carboxylic acids is 1. The van der Waals surface area contributed by atoms with Crippen LogP contribution in [0.3, 0.4) is 0 Å². The Morgan fingerprint density at radius 2 is 1.83 bits per heavy atom. The number of nitrogens with zero attached hydrogens (tertiary/aromatic N) is 1. The fourth-order valence-electron chi connectivity index (χ4n) is 2.43. The van der Waals surface area contributed by atoms with Crippen LogP contribution in [0.25, 0.3) is 0 Å². The van der Waals surface area contributed by atoms with Gasteiger partial charge < -0.3 is 20.5 Å². The number of ketones is 1. The van der Waals surface area contributed by atoms with Crippen molar-refractivity contribution in [3.63, 3.8) is 0 Å². The van der Waals surface area contributed by atoms with E-state index in [4.69, 9.17) is 10.1 Å². The lowest BCUT2D eigenvalue weighted by Crippen LogP contribution is -2.24. The molecule has 0 aliphatic carbocycles. The molecule has 3 N–H and O–H groups in total. The first-order chi connectivity index (χ1) is 11.7. The van der Waals surface area contributed by atoms with Crippen LogP contribution in [0.1, 0.15) is 0 Å². The molecule has 0 radical (unpaired) electrons. The zero-order valence-corrected chi connectivity index (χ0v) is 13.2. The number of nitrogens with one attached hydrogen (secondary N) is 3. The topological polar surface area (TPSA) is 77.5 Å². The van der Waals surface area contributed by atoms with Crippen LogP contribution < -0.4 is 20.5 Å². The molecule has 2 aromatic carbocycles. The van der Waals surface area contributed by atoms with Gasteiger partial charge in [-0.3, -0.25) is 10.2 Å². The van der Waals surface area contributed by atoms with E-state index in [2.05, 4.69) is 10.9 Å². The van der Waals surface area contributed by atoms with Crippen molar-refractivity contribution in [3.05, 3.63) is 66.4 Å². The van der Waals surface area contributed by atoms with Crippen molar-refractivity contribution >= 4 is 23.0 Å². The number of hydrazine groups is 1. The Morgan fingerprint density at radius 1 is 1.12 bits per heavy atom. The fraction of sp³-hybridized carbons (Fsp3) is 0.111. The number of benzene rings is 2. The maximum absolute atomic E-state index is 12.2. The van der Waals surface area contributed by atoms with E-state index in [9.17, 15) is 4.79 Å². The molecule has 0 atom stereocenters. The third-order valence-corrected chi connectivity index (χ3v) is 3.72. The number of methoxy groups -OCH3 is 1. The average Bonchev–Trinajstić information content (AvgIpc) is 2.91. The maximum atomic E-state index is 12.2. The molecule has 0 amide bonds. The Hall–Kier alpha value is -3.28. The van der Waals surface area contributed by atoms with Gasteiger partial charge in [-0.2, -0.15) is 0 Å². The van der Waals surface area contributed by atoms with Gasteiger partial charge in [0, 0.05) is 11.9 Å². The highest BCUT2D eigenvalue weighted by Gasteiger charge is 2.31. The highest BCUT2D eigenvalue weighted by molar-refractivity contribution is 6.32. The summed E-state index contributed by atoms with van der Waals surface area (Å²) in [5.41, 5.74) is 7.85. The summed E-state index contributed by atoms with van der Waals surface area (Å²) in [5, 5.41) is 8.25. The Kier molecular flexibility index (Phi) is 4.47. The van der Waals surface area contributed by atoms with Gasteiger partial charge in [0.2, 0.25) is 0 Å². The van der Waals surface area contributed by atoms with Crippen molar-refractivity contribution in [1.82, 2.24) is 5.43 Å². The second kappa shape index (κ2) is 6.87. The zero-order chi connectivity index (χ0) is 16.9. The smallest absolute Gasteiger partial charge is 0.187 e. The first-order valence-electron chi connectivity index (χ1n) is 7.49. The molecule has 122 valence electrons. The lowest BCUT2D eigenvalue weighted by molar-refractivity contribution is -0.113. The third kappa shape index (κ3) is 3.22. The van der Waals surface area contributed by atoms with Crippen LogP contribution >= 0.6 is 0 Å². The minimum Gasteiger partial charge on any atom is -0.497 e. The van der Waals surface area contributed by atoms with E-state index in [0.29, 0.717) is 5.57 Å². The first-order valence-corrected chi connectivity index (χ1v) is 7.49. The van der Waals surface area contributed by atoms with Crippen LogP contribution in [0.2, 0.25) is 0 Å². The quantitative estimate of drug-likeness (QED) is 0.582. The second-order valence-electron chi connectivity index (χ2n) is 5.25. The molecule has 1 aliphatic rings. The predicted molar refractivity (Wildman–Crippen MR) is 94.4 cm³/mol. The summed E-state index contributed by atoms with van der Waals surface area (Å²) in [6.07, 6.45) is 1.53. The number of hydrogen-bond acceptors (Lipinski definition) is 5. The van der Waals surface area contributed by atoms with Gasteiger partial charge in [0.1, 0.15) is 11.6 Å². The standard InChI is InChI=1S/C18H18N4O2/c1-24-15-9-7-14(8-10-15)22-12-17(23)16(18(22)19)11-20-21-13-5-3-2-4-6-13/h2-11,19-21H,12H2,1H3/b16-11-,19-18?. The van der Waals surface area contributed by atoms with Crippen LogP contribution in [0.5, 0.6) is 5.75 Å². The zero-order valence-electron chi connectivity index (χ0n) is 13.2. The number of ether oxygens (including phenoxy) is 1. The normalized spacial score (nSPS) is 15.7. The summed E-state index contributed by atoms with van der Waals surface area (Å²) in [6.45, 7) is 0.157. The number of hydrogen-bond donors (Lipinski definition) is 3. The molecule has 3 rings (SSSR count). The van der Waals surface area contributed by atoms with Crippen LogP contribution in [0.4, 0.5) is 11.4 Å². The molecule has 1 aliphatic heterocycles. The van der Waals surface area contributed by atoms with Crippen molar-refractivity contribution in [3.8, 4) is 5.75 Å². The molecule has 1 heterocycles. The Balaban J connectivity index is 1.70. The van der Waals surface area contributed by atoms with E-state index in [0.717, 1.165) is 17.1 Å². The molecule has 0 unspecified atom stereocenters. The molecule has 0 saturated carbocycles. The Morgan fingerprint density at radius 3 is 2.50 bits per heavy atom. The molecule has 6 nitrogen and oxygen atoms in total. The van der Waals surface area contributed by atoms with E-state index in [1.54, 1.807) is 12.0 Å². The third-order valence-electron chi connectivity index (χ3n) is 3.72. The van der Waals surface area contributed by atoms with E-state index in [1.807, 2.05) is 54.6 Å². The predicted octanol–water partition coefficient (Wildman–Crippen LogP) is 2.56. The molecular formula is C18H18N4O2. The van der Waals surface area contributed by atoms with Gasteiger partial charge in [0.15, 0.2) is 5.78 Å². The number of amidine groups is 1. The molecule has 0 spiro atoms. The Bertz CT molecular complexity index is 769. The summed E-state index contributed by atoms with van der Waals surface area (Å²) in [4.78, 5) is 13.9. The molecule has 2 aromatic rings. The van der Waals surface area contributed by atoms with Gasteiger partial charge in [0.05, 0.1) is 24.9 Å². The van der Waals surface area contributed by atoms with Gasteiger partial charge in [-0.05, 0) is 36.4 Å². The number of para-hydroxylation sites is 1. The highest BCUT2D eigenvalue weighted by Crippen LogP contribution is 2.24. The minimum absolute atomic E-state index is 0.0989. The maximum Gasteiger partial charge on any atom is 0.187 e.